The molecule has 0 aliphatic carbocycles. The first-order chi connectivity index (χ1) is 13.4. The highest BCUT2D eigenvalue weighted by Gasteiger charge is 2.10. The minimum atomic E-state index is -0.487. The quantitative estimate of drug-likeness (QED) is 0.294. The molecule has 3 aromatic carbocycles. The molecule has 3 aromatic rings. The van der Waals surface area contributed by atoms with E-state index in [0.29, 0.717) is 5.69 Å². The molecule has 3 rings (SSSR count). The van der Waals surface area contributed by atoms with Crippen molar-refractivity contribution in [2.24, 2.45) is 0 Å². The Morgan fingerprint density at radius 2 is 1.86 bits per heavy atom. The molecule has 6 nitrogen and oxygen atoms in total. The summed E-state index contributed by atoms with van der Waals surface area (Å²) < 4.78 is 0. The Kier molecular flexibility index (Phi) is 5.76. The molecule has 2 N–H and O–H groups in total. The van der Waals surface area contributed by atoms with Gasteiger partial charge in [0, 0.05) is 23.9 Å². The Morgan fingerprint density at radius 3 is 2.64 bits per heavy atom. The van der Waals surface area contributed by atoms with Gasteiger partial charge in [-0.25, -0.2) is 0 Å². The van der Waals surface area contributed by atoms with Gasteiger partial charge in [-0.05, 0) is 47.1 Å². The number of aryl methyl sites for hydroxylation is 1. The molecule has 0 fully saturated rings. The predicted octanol–water partition coefficient (Wildman–Crippen LogP) is 4.58. The number of carbonyl (C=O) groups excluding carboxylic acids is 1. The lowest BCUT2D eigenvalue weighted by atomic mass is 10.0. The molecule has 0 atom stereocenters. The second kappa shape index (κ2) is 8.41. The maximum absolute atomic E-state index is 12.2. The third-order valence-electron chi connectivity index (χ3n) is 4.15. The molecular weight excluding hydrogens is 374 g/mol. The van der Waals surface area contributed by atoms with E-state index in [9.17, 15) is 14.9 Å². The van der Waals surface area contributed by atoms with Crippen molar-refractivity contribution in [2.75, 3.05) is 5.32 Å². The number of non-ortho nitro benzene ring substituents is 1. The minimum absolute atomic E-state index is 0.0573. The maximum Gasteiger partial charge on any atom is 0.271 e. The first-order valence-corrected chi connectivity index (χ1v) is 8.88. The molecule has 0 spiro atoms. The average molecular weight is 391 g/mol. The topological polar surface area (TPSA) is 84.3 Å². The van der Waals surface area contributed by atoms with Crippen molar-refractivity contribution in [3.05, 3.63) is 88.0 Å². The number of benzene rings is 3. The van der Waals surface area contributed by atoms with Crippen molar-refractivity contribution < 1.29 is 9.72 Å². The molecule has 0 unspecified atom stereocenters. The van der Waals surface area contributed by atoms with Gasteiger partial charge >= 0.3 is 0 Å². The third-order valence-corrected chi connectivity index (χ3v) is 4.36. The molecule has 0 radical (unpaired) electrons. The Balaban J connectivity index is 1.68. The van der Waals surface area contributed by atoms with E-state index in [2.05, 4.69) is 10.6 Å². The highest BCUT2D eigenvalue weighted by Crippen LogP contribution is 2.22. The van der Waals surface area contributed by atoms with Gasteiger partial charge in [-0.3, -0.25) is 20.2 Å². The summed E-state index contributed by atoms with van der Waals surface area (Å²) in [4.78, 5) is 22.6. The van der Waals surface area contributed by atoms with Crippen LogP contribution >= 0.6 is 12.2 Å². The number of rotatable bonds is 4. The molecule has 28 heavy (non-hydrogen) atoms. The fourth-order valence-electron chi connectivity index (χ4n) is 2.73. The van der Waals surface area contributed by atoms with Crippen LogP contribution in [-0.4, -0.2) is 15.9 Å². The molecule has 0 aliphatic rings. The van der Waals surface area contributed by atoms with Crippen LogP contribution in [0.15, 0.2) is 66.7 Å². The first kappa shape index (κ1) is 19.2. The van der Waals surface area contributed by atoms with E-state index >= 15 is 0 Å². The van der Waals surface area contributed by atoms with Crippen molar-refractivity contribution in [3.8, 4) is 0 Å². The Bertz CT molecular complexity index is 1100. The van der Waals surface area contributed by atoms with E-state index in [0.717, 1.165) is 21.9 Å². The van der Waals surface area contributed by atoms with E-state index in [4.69, 9.17) is 12.2 Å². The number of nitrogens with zero attached hydrogens (tertiary/aromatic N) is 1. The minimum Gasteiger partial charge on any atom is -0.332 e. The van der Waals surface area contributed by atoms with Crippen LogP contribution in [0.2, 0.25) is 0 Å². The van der Waals surface area contributed by atoms with E-state index in [1.165, 1.54) is 18.2 Å². The van der Waals surface area contributed by atoms with Crippen LogP contribution in [0.4, 0.5) is 11.4 Å². The lowest BCUT2D eigenvalue weighted by Gasteiger charge is -2.10. The normalized spacial score (nSPS) is 10.8. The van der Waals surface area contributed by atoms with Gasteiger partial charge in [0.1, 0.15) is 0 Å². The lowest BCUT2D eigenvalue weighted by molar-refractivity contribution is -0.384. The second-order valence-electron chi connectivity index (χ2n) is 6.10. The zero-order chi connectivity index (χ0) is 20.1. The van der Waals surface area contributed by atoms with Gasteiger partial charge in [0.15, 0.2) is 5.11 Å². The number of thiocarbonyl (C=S) groups is 1. The molecule has 140 valence electrons. The lowest BCUT2D eigenvalue weighted by Crippen LogP contribution is -2.33. The summed E-state index contributed by atoms with van der Waals surface area (Å²) in [6, 6.07) is 18.2. The van der Waals surface area contributed by atoms with E-state index in [-0.39, 0.29) is 10.8 Å². The summed E-state index contributed by atoms with van der Waals surface area (Å²) in [5.74, 6) is -0.395. The summed E-state index contributed by atoms with van der Waals surface area (Å²) in [7, 11) is 0. The smallest absolute Gasteiger partial charge is 0.271 e. The van der Waals surface area contributed by atoms with E-state index < -0.39 is 10.8 Å². The second-order valence-corrected chi connectivity index (χ2v) is 6.51. The van der Waals surface area contributed by atoms with Gasteiger partial charge in [-0.15, -0.1) is 0 Å². The summed E-state index contributed by atoms with van der Waals surface area (Å²) in [6.45, 7) is 1.79. The van der Waals surface area contributed by atoms with E-state index in [1.807, 2.05) is 42.5 Å². The molecule has 0 aromatic heterocycles. The molecule has 0 saturated carbocycles. The molecule has 0 aliphatic heterocycles. The maximum atomic E-state index is 12.2. The van der Waals surface area contributed by atoms with Crippen molar-refractivity contribution >= 4 is 51.5 Å². The first-order valence-electron chi connectivity index (χ1n) is 8.47. The monoisotopic (exact) mass is 391 g/mol. The molecule has 1 amide bonds. The summed E-state index contributed by atoms with van der Waals surface area (Å²) in [5, 5.41) is 18.5. The number of anilines is 1. The van der Waals surface area contributed by atoms with Crippen molar-refractivity contribution in [3.63, 3.8) is 0 Å². The summed E-state index contributed by atoms with van der Waals surface area (Å²) in [5.41, 5.74) is 2.10. The summed E-state index contributed by atoms with van der Waals surface area (Å²) in [6.07, 6.45) is 3.12. The Labute approximate surface area is 167 Å². The van der Waals surface area contributed by atoms with Crippen LogP contribution in [-0.2, 0) is 4.79 Å². The molecule has 0 bridgehead atoms. The Morgan fingerprint density at radius 1 is 1.11 bits per heavy atom. The molecule has 0 saturated heterocycles. The van der Waals surface area contributed by atoms with Gasteiger partial charge in [0.2, 0.25) is 5.91 Å². The van der Waals surface area contributed by atoms with Crippen molar-refractivity contribution in [1.82, 2.24) is 5.32 Å². The van der Waals surface area contributed by atoms with Crippen molar-refractivity contribution in [1.29, 1.82) is 0 Å². The molecule has 0 heterocycles. The van der Waals surface area contributed by atoms with Gasteiger partial charge in [-0.2, -0.15) is 0 Å². The highest BCUT2D eigenvalue weighted by atomic mass is 32.1. The van der Waals surface area contributed by atoms with Crippen LogP contribution in [0.25, 0.3) is 16.8 Å². The number of hydrogen-bond donors (Lipinski definition) is 2. The molecule has 7 heteroatoms. The van der Waals surface area contributed by atoms with Gasteiger partial charge in [0.05, 0.1) is 4.92 Å². The van der Waals surface area contributed by atoms with Gasteiger partial charge < -0.3 is 5.32 Å². The Hall–Kier alpha value is -3.58. The zero-order valence-electron chi connectivity index (χ0n) is 15.0. The van der Waals surface area contributed by atoms with Crippen LogP contribution in [0.1, 0.15) is 11.1 Å². The third kappa shape index (κ3) is 4.57. The van der Waals surface area contributed by atoms with Gasteiger partial charge in [-0.1, -0.05) is 48.5 Å². The fourth-order valence-corrected chi connectivity index (χ4v) is 2.94. The number of amides is 1. The van der Waals surface area contributed by atoms with E-state index in [1.54, 1.807) is 19.1 Å². The number of nitro benzene ring substituents is 1. The largest absolute Gasteiger partial charge is 0.332 e. The van der Waals surface area contributed by atoms with Gasteiger partial charge in [0.25, 0.3) is 5.69 Å². The van der Waals surface area contributed by atoms with Crippen LogP contribution < -0.4 is 10.6 Å². The number of hydrogen-bond acceptors (Lipinski definition) is 4. The molecular formula is C21H17N3O3S. The van der Waals surface area contributed by atoms with Crippen LogP contribution in [0, 0.1) is 17.0 Å². The number of fused-ring (bicyclic) bond motifs is 1. The summed E-state index contributed by atoms with van der Waals surface area (Å²) >= 11 is 5.14. The van der Waals surface area contributed by atoms with Crippen LogP contribution in [0.3, 0.4) is 0 Å². The number of carbonyl (C=O) groups is 1. The van der Waals surface area contributed by atoms with Crippen molar-refractivity contribution in [2.45, 2.75) is 6.92 Å². The predicted molar refractivity (Wildman–Crippen MR) is 115 cm³/mol. The SMILES string of the molecule is Cc1ccc([N+](=O)[O-])cc1NC(=S)NC(=O)C=Cc1cccc2ccccc12. The van der Waals surface area contributed by atoms with Crippen LogP contribution in [0.5, 0.6) is 0 Å². The standard InChI is InChI=1S/C21H17N3O3S/c1-14-9-11-17(24(26)27)13-19(14)22-21(28)23-20(25)12-10-16-7-4-6-15-5-2-3-8-18(15)16/h2-13H,1H3,(H2,22,23,25,28). The average Bonchev–Trinajstić information content (AvgIpc) is 2.67. The number of nitrogens with one attached hydrogen (secondary N) is 2. The zero-order valence-corrected chi connectivity index (χ0v) is 15.8. The number of nitro groups is 1. The fraction of sp³-hybridized carbons (Fsp3) is 0.0476. The highest BCUT2D eigenvalue weighted by molar-refractivity contribution is 7.80.